The van der Waals surface area contributed by atoms with Crippen LogP contribution in [0.15, 0.2) is 0 Å². The Morgan fingerprint density at radius 3 is 2.41 bits per heavy atom. The van der Waals surface area contributed by atoms with E-state index in [9.17, 15) is 4.79 Å². The fourth-order valence-corrected chi connectivity index (χ4v) is 2.45. The van der Waals surface area contributed by atoms with Gasteiger partial charge in [-0.25, -0.2) is 0 Å². The number of rotatable bonds is 5. The maximum absolute atomic E-state index is 12.1. The van der Waals surface area contributed by atoms with E-state index < -0.39 is 0 Å². The number of carbonyl (C=O) groups excluding carboxylic acids is 1. The lowest BCUT2D eigenvalue weighted by Crippen LogP contribution is -2.50. The molecule has 17 heavy (non-hydrogen) atoms. The summed E-state index contributed by atoms with van der Waals surface area (Å²) in [6.07, 6.45) is 8.46. The Labute approximate surface area is 106 Å². The molecule has 0 atom stereocenters. The van der Waals surface area contributed by atoms with Gasteiger partial charge in [-0.05, 0) is 26.2 Å². The summed E-state index contributed by atoms with van der Waals surface area (Å²) in [6.45, 7) is 4.55. The van der Waals surface area contributed by atoms with Crippen molar-refractivity contribution in [2.45, 2.75) is 64.3 Å². The summed E-state index contributed by atoms with van der Waals surface area (Å²) >= 11 is 0. The van der Waals surface area contributed by atoms with Crippen molar-refractivity contribution in [1.29, 1.82) is 0 Å². The minimum absolute atomic E-state index is 0.219. The summed E-state index contributed by atoms with van der Waals surface area (Å²) in [6, 6.07) is 0. The van der Waals surface area contributed by atoms with Gasteiger partial charge in [-0.15, -0.1) is 0 Å². The van der Waals surface area contributed by atoms with Gasteiger partial charge in [0.15, 0.2) is 0 Å². The Hall–Kier alpha value is -0.570. The average molecular weight is 240 g/mol. The van der Waals surface area contributed by atoms with Crippen LogP contribution in [-0.2, 0) is 4.79 Å². The molecule has 2 N–H and O–H groups in total. The molecule has 0 aromatic carbocycles. The minimum atomic E-state index is -0.219. The average Bonchev–Trinajstić information content (AvgIpc) is 2.36. The van der Waals surface area contributed by atoms with Crippen molar-refractivity contribution in [3.05, 3.63) is 0 Å². The lowest BCUT2D eigenvalue weighted by atomic mass is 9.86. The van der Waals surface area contributed by atoms with Crippen LogP contribution in [0.2, 0.25) is 0 Å². The second-order valence-corrected chi connectivity index (χ2v) is 6.01. The molecule has 1 saturated carbocycles. The Morgan fingerprint density at radius 2 is 1.88 bits per heavy atom. The van der Waals surface area contributed by atoms with E-state index in [1.165, 1.54) is 32.1 Å². The molecule has 0 bridgehead atoms. The van der Waals surface area contributed by atoms with Crippen LogP contribution >= 0.6 is 0 Å². The van der Waals surface area contributed by atoms with Crippen LogP contribution in [0.1, 0.15) is 58.8 Å². The van der Waals surface area contributed by atoms with Crippen LogP contribution in [0.5, 0.6) is 0 Å². The van der Waals surface area contributed by atoms with Gasteiger partial charge in [0.2, 0.25) is 5.91 Å². The van der Waals surface area contributed by atoms with Gasteiger partial charge in [0.05, 0.1) is 0 Å². The van der Waals surface area contributed by atoms with E-state index in [-0.39, 0.29) is 11.4 Å². The zero-order valence-corrected chi connectivity index (χ0v) is 11.7. The molecule has 0 aliphatic heterocycles. The molecular formula is C14H28N2O. The second-order valence-electron chi connectivity index (χ2n) is 6.01. The molecule has 100 valence electrons. The molecule has 0 heterocycles. The lowest BCUT2D eigenvalue weighted by molar-refractivity contribution is -0.134. The molecule has 1 aliphatic carbocycles. The molecule has 3 nitrogen and oxygen atoms in total. The number of hydrogen-bond acceptors (Lipinski definition) is 2. The quantitative estimate of drug-likeness (QED) is 0.802. The third kappa shape index (κ3) is 4.30. The minimum Gasteiger partial charge on any atom is -0.339 e. The van der Waals surface area contributed by atoms with Crippen molar-refractivity contribution in [3.8, 4) is 0 Å². The standard InChI is InChI=1S/C14H28N2O/c1-14(2,11-15)16(3)13(17)10-9-12-7-5-4-6-8-12/h12H,4-11,15H2,1-3H3. The molecule has 1 aliphatic rings. The van der Waals surface area contributed by atoms with E-state index in [0.717, 1.165) is 12.3 Å². The lowest BCUT2D eigenvalue weighted by Gasteiger charge is -2.35. The van der Waals surface area contributed by atoms with E-state index in [0.29, 0.717) is 13.0 Å². The maximum Gasteiger partial charge on any atom is 0.222 e. The van der Waals surface area contributed by atoms with Gasteiger partial charge in [-0.3, -0.25) is 4.79 Å². The first-order valence-electron chi connectivity index (χ1n) is 6.94. The van der Waals surface area contributed by atoms with Crippen LogP contribution in [-0.4, -0.2) is 29.9 Å². The SMILES string of the molecule is CN(C(=O)CCC1CCCCC1)C(C)(C)CN. The smallest absolute Gasteiger partial charge is 0.222 e. The van der Waals surface area contributed by atoms with Crippen molar-refractivity contribution < 1.29 is 4.79 Å². The number of nitrogens with two attached hydrogens (primary N) is 1. The van der Waals surface area contributed by atoms with Crippen LogP contribution < -0.4 is 5.73 Å². The molecule has 1 rings (SSSR count). The summed E-state index contributed by atoms with van der Waals surface area (Å²) in [5.74, 6) is 1.02. The zero-order chi connectivity index (χ0) is 12.9. The normalized spacial score (nSPS) is 18.1. The van der Waals surface area contributed by atoms with E-state index in [2.05, 4.69) is 0 Å². The number of likely N-dealkylation sites (N-methyl/N-ethyl adjacent to an activating group) is 1. The van der Waals surface area contributed by atoms with Gasteiger partial charge in [0.1, 0.15) is 0 Å². The number of hydrogen-bond donors (Lipinski definition) is 1. The molecule has 3 heteroatoms. The molecule has 0 unspecified atom stereocenters. The largest absolute Gasteiger partial charge is 0.339 e. The van der Waals surface area contributed by atoms with Crippen LogP contribution in [0.4, 0.5) is 0 Å². The van der Waals surface area contributed by atoms with Crippen molar-refractivity contribution >= 4 is 5.91 Å². The highest BCUT2D eigenvalue weighted by Gasteiger charge is 2.26. The van der Waals surface area contributed by atoms with Gasteiger partial charge in [-0.1, -0.05) is 32.1 Å². The molecule has 0 saturated heterocycles. The highest BCUT2D eigenvalue weighted by molar-refractivity contribution is 5.76. The first-order chi connectivity index (χ1) is 7.97. The highest BCUT2D eigenvalue weighted by Crippen LogP contribution is 2.27. The van der Waals surface area contributed by atoms with Crippen LogP contribution in [0.25, 0.3) is 0 Å². The first-order valence-corrected chi connectivity index (χ1v) is 6.94. The summed E-state index contributed by atoms with van der Waals surface area (Å²) in [5.41, 5.74) is 5.47. The summed E-state index contributed by atoms with van der Waals surface area (Å²) in [7, 11) is 1.87. The fraction of sp³-hybridized carbons (Fsp3) is 0.929. The summed E-state index contributed by atoms with van der Waals surface area (Å²) in [4.78, 5) is 13.9. The third-order valence-electron chi connectivity index (χ3n) is 4.27. The van der Waals surface area contributed by atoms with Gasteiger partial charge >= 0.3 is 0 Å². The van der Waals surface area contributed by atoms with E-state index >= 15 is 0 Å². The van der Waals surface area contributed by atoms with E-state index in [1.54, 1.807) is 0 Å². The molecule has 1 fully saturated rings. The van der Waals surface area contributed by atoms with Crippen molar-refractivity contribution in [2.75, 3.05) is 13.6 Å². The summed E-state index contributed by atoms with van der Waals surface area (Å²) < 4.78 is 0. The third-order valence-corrected chi connectivity index (χ3v) is 4.27. The van der Waals surface area contributed by atoms with Crippen molar-refractivity contribution in [2.24, 2.45) is 11.7 Å². The predicted molar refractivity (Wildman–Crippen MR) is 71.7 cm³/mol. The molecule has 0 radical (unpaired) electrons. The predicted octanol–water partition coefficient (Wildman–Crippen LogP) is 2.54. The highest BCUT2D eigenvalue weighted by atomic mass is 16.2. The van der Waals surface area contributed by atoms with Gasteiger partial charge in [-0.2, -0.15) is 0 Å². The number of amides is 1. The Bertz CT molecular complexity index is 245. The van der Waals surface area contributed by atoms with Crippen LogP contribution in [0.3, 0.4) is 0 Å². The fourth-order valence-electron chi connectivity index (χ4n) is 2.45. The van der Waals surface area contributed by atoms with Crippen molar-refractivity contribution in [1.82, 2.24) is 4.90 Å². The number of nitrogens with zero attached hydrogens (tertiary/aromatic N) is 1. The van der Waals surface area contributed by atoms with Gasteiger partial charge < -0.3 is 10.6 Å². The molecule has 0 spiro atoms. The zero-order valence-electron chi connectivity index (χ0n) is 11.7. The molecule has 1 amide bonds. The first kappa shape index (κ1) is 14.5. The Morgan fingerprint density at radius 1 is 1.29 bits per heavy atom. The van der Waals surface area contributed by atoms with E-state index in [4.69, 9.17) is 5.73 Å². The summed E-state index contributed by atoms with van der Waals surface area (Å²) in [5, 5.41) is 0. The monoisotopic (exact) mass is 240 g/mol. The van der Waals surface area contributed by atoms with Gasteiger partial charge in [0.25, 0.3) is 0 Å². The second kappa shape index (κ2) is 6.39. The Balaban J connectivity index is 2.33. The topological polar surface area (TPSA) is 46.3 Å². The number of carbonyl (C=O) groups is 1. The van der Waals surface area contributed by atoms with Crippen LogP contribution in [0, 0.1) is 5.92 Å². The van der Waals surface area contributed by atoms with Gasteiger partial charge in [0, 0.05) is 25.6 Å². The molecule has 0 aromatic heterocycles. The molecular weight excluding hydrogens is 212 g/mol. The maximum atomic E-state index is 12.1. The Kier molecular flexibility index (Phi) is 5.44. The van der Waals surface area contributed by atoms with E-state index in [1.807, 2.05) is 25.8 Å². The molecule has 0 aromatic rings. The van der Waals surface area contributed by atoms with Crippen molar-refractivity contribution in [3.63, 3.8) is 0 Å².